The number of hydrogen-bond donors (Lipinski definition) is 0. The first-order valence-electron chi connectivity index (χ1n) is 5.11. The van der Waals surface area contributed by atoms with Gasteiger partial charge < -0.3 is 0 Å². The standard InChI is InChI=1S/C13H15NO2/c1-4-13(12-8-6-5-7-9-12)14(10(2)15)11(3)16/h4-9H,1-3H3. The van der Waals surface area contributed by atoms with Gasteiger partial charge in [0.1, 0.15) is 0 Å². The Morgan fingerprint density at radius 3 is 1.94 bits per heavy atom. The van der Waals surface area contributed by atoms with Crippen molar-refractivity contribution in [2.24, 2.45) is 0 Å². The molecular formula is C13H15NO2. The van der Waals surface area contributed by atoms with Gasteiger partial charge in [0.25, 0.3) is 0 Å². The van der Waals surface area contributed by atoms with E-state index in [2.05, 4.69) is 0 Å². The first-order valence-corrected chi connectivity index (χ1v) is 5.11. The van der Waals surface area contributed by atoms with Crippen LogP contribution in [0.25, 0.3) is 5.70 Å². The molecule has 0 saturated heterocycles. The zero-order valence-electron chi connectivity index (χ0n) is 9.73. The molecule has 3 heteroatoms. The maximum Gasteiger partial charge on any atom is 0.230 e. The fourth-order valence-electron chi connectivity index (χ4n) is 1.59. The van der Waals surface area contributed by atoms with Crippen molar-refractivity contribution in [2.75, 3.05) is 0 Å². The van der Waals surface area contributed by atoms with Crippen molar-refractivity contribution in [2.45, 2.75) is 20.8 Å². The van der Waals surface area contributed by atoms with Gasteiger partial charge in [0.2, 0.25) is 11.8 Å². The van der Waals surface area contributed by atoms with Gasteiger partial charge in [0, 0.05) is 13.8 Å². The summed E-state index contributed by atoms with van der Waals surface area (Å²) in [6, 6.07) is 9.37. The highest BCUT2D eigenvalue weighted by Gasteiger charge is 2.19. The van der Waals surface area contributed by atoms with E-state index in [1.165, 1.54) is 18.7 Å². The molecule has 0 bridgehead atoms. The van der Waals surface area contributed by atoms with Gasteiger partial charge in [-0.05, 0) is 12.5 Å². The monoisotopic (exact) mass is 217 g/mol. The van der Waals surface area contributed by atoms with Crippen molar-refractivity contribution in [3.8, 4) is 0 Å². The first kappa shape index (κ1) is 12.2. The molecule has 0 unspecified atom stereocenters. The number of rotatable bonds is 2. The molecule has 0 N–H and O–H groups in total. The van der Waals surface area contributed by atoms with E-state index < -0.39 is 0 Å². The molecule has 0 atom stereocenters. The minimum atomic E-state index is -0.274. The van der Waals surface area contributed by atoms with E-state index in [4.69, 9.17) is 0 Å². The molecule has 0 fully saturated rings. The Hall–Kier alpha value is -1.90. The molecule has 0 heterocycles. The Bertz CT molecular complexity index is 407. The highest BCUT2D eigenvalue weighted by molar-refractivity contribution is 6.02. The van der Waals surface area contributed by atoms with Gasteiger partial charge >= 0.3 is 0 Å². The van der Waals surface area contributed by atoms with Crippen LogP contribution in [0.1, 0.15) is 26.3 Å². The summed E-state index contributed by atoms with van der Waals surface area (Å²) in [5.74, 6) is -0.547. The third-order valence-corrected chi connectivity index (χ3v) is 2.21. The third kappa shape index (κ3) is 2.57. The van der Waals surface area contributed by atoms with Crippen molar-refractivity contribution in [3.63, 3.8) is 0 Å². The minimum absolute atomic E-state index is 0.274. The Morgan fingerprint density at radius 2 is 1.56 bits per heavy atom. The number of nitrogens with zero attached hydrogens (tertiary/aromatic N) is 1. The SMILES string of the molecule is CC=C(c1ccccc1)N(C(C)=O)C(C)=O. The van der Waals surface area contributed by atoms with Crippen LogP contribution in [0, 0.1) is 0 Å². The van der Waals surface area contributed by atoms with E-state index in [1.807, 2.05) is 30.3 Å². The molecule has 84 valence electrons. The van der Waals surface area contributed by atoms with Crippen molar-refractivity contribution in [1.82, 2.24) is 4.90 Å². The van der Waals surface area contributed by atoms with Crippen LogP contribution in [0.2, 0.25) is 0 Å². The molecule has 0 saturated carbocycles. The number of imide groups is 1. The summed E-state index contributed by atoms with van der Waals surface area (Å²) in [7, 11) is 0. The van der Waals surface area contributed by atoms with Crippen LogP contribution in [-0.4, -0.2) is 16.7 Å². The zero-order valence-corrected chi connectivity index (χ0v) is 9.73. The van der Waals surface area contributed by atoms with Crippen molar-refractivity contribution >= 4 is 17.5 Å². The molecule has 2 amide bonds. The smallest absolute Gasteiger partial charge is 0.230 e. The van der Waals surface area contributed by atoms with Gasteiger partial charge in [-0.1, -0.05) is 36.4 Å². The molecule has 0 aliphatic carbocycles. The maximum atomic E-state index is 11.4. The van der Waals surface area contributed by atoms with Gasteiger partial charge in [-0.15, -0.1) is 0 Å². The lowest BCUT2D eigenvalue weighted by atomic mass is 10.1. The van der Waals surface area contributed by atoms with Crippen LogP contribution in [-0.2, 0) is 9.59 Å². The Morgan fingerprint density at radius 1 is 1.06 bits per heavy atom. The lowest BCUT2D eigenvalue weighted by Gasteiger charge is -2.20. The van der Waals surface area contributed by atoms with Gasteiger partial charge in [0.05, 0.1) is 5.70 Å². The molecule has 1 aromatic carbocycles. The van der Waals surface area contributed by atoms with E-state index >= 15 is 0 Å². The predicted molar refractivity (Wildman–Crippen MR) is 63.3 cm³/mol. The molecule has 1 aromatic rings. The summed E-state index contributed by atoms with van der Waals surface area (Å²) in [6.45, 7) is 4.57. The Balaban J connectivity index is 3.17. The normalized spacial score (nSPS) is 11.1. The van der Waals surface area contributed by atoms with E-state index in [-0.39, 0.29) is 11.8 Å². The lowest BCUT2D eigenvalue weighted by molar-refractivity contribution is -0.137. The summed E-state index contributed by atoms with van der Waals surface area (Å²) in [4.78, 5) is 24.0. The van der Waals surface area contributed by atoms with Crippen molar-refractivity contribution in [3.05, 3.63) is 42.0 Å². The molecule has 3 nitrogen and oxygen atoms in total. The average Bonchev–Trinajstić information content (AvgIpc) is 2.25. The van der Waals surface area contributed by atoms with Crippen LogP contribution in [0.5, 0.6) is 0 Å². The fourth-order valence-corrected chi connectivity index (χ4v) is 1.59. The number of allylic oxidation sites excluding steroid dienone is 1. The Kier molecular flexibility index (Phi) is 4.00. The molecular weight excluding hydrogens is 202 g/mol. The Labute approximate surface area is 95.4 Å². The predicted octanol–water partition coefficient (Wildman–Crippen LogP) is 2.44. The molecule has 0 aliphatic heterocycles. The molecule has 1 rings (SSSR count). The molecule has 0 aliphatic rings. The van der Waals surface area contributed by atoms with Crippen molar-refractivity contribution in [1.29, 1.82) is 0 Å². The summed E-state index contributed by atoms with van der Waals surface area (Å²) in [5, 5.41) is 0. The van der Waals surface area contributed by atoms with Gasteiger partial charge in [0.15, 0.2) is 0 Å². The maximum absolute atomic E-state index is 11.4. The zero-order chi connectivity index (χ0) is 12.1. The topological polar surface area (TPSA) is 37.4 Å². The second-order valence-electron chi connectivity index (χ2n) is 3.41. The number of carbonyl (C=O) groups is 2. The van der Waals surface area contributed by atoms with Crippen LogP contribution < -0.4 is 0 Å². The second-order valence-corrected chi connectivity index (χ2v) is 3.41. The second kappa shape index (κ2) is 5.26. The first-order chi connectivity index (χ1) is 7.57. The highest BCUT2D eigenvalue weighted by atomic mass is 16.2. The van der Waals surface area contributed by atoms with Gasteiger partial charge in [-0.2, -0.15) is 0 Å². The molecule has 0 radical (unpaired) electrons. The number of amides is 2. The van der Waals surface area contributed by atoms with Crippen LogP contribution in [0.4, 0.5) is 0 Å². The van der Waals surface area contributed by atoms with E-state index in [9.17, 15) is 9.59 Å². The van der Waals surface area contributed by atoms with Crippen LogP contribution >= 0.6 is 0 Å². The number of benzene rings is 1. The quantitative estimate of drug-likeness (QED) is 0.763. The number of hydrogen-bond acceptors (Lipinski definition) is 2. The summed E-state index contributed by atoms with van der Waals surface area (Å²) < 4.78 is 0. The van der Waals surface area contributed by atoms with Gasteiger partial charge in [-0.3, -0.25) is 14.5 Å². The number of carbonyl (C=O) groups excluding carboxylic acids is 2. The van der Waals surface area contributed by atoms with Crippen LogP contribution in [0.3, 0.4) is 0 Å². The van der Waals surface area contributed by atoms with E-state index in [1.54, 1.807) is 13.0 Å². The van der Waals surface area contributed by atoms with E-state index in [0.29, 0.717) is 5.70 Å². The minimum Gasteiger partial charge on any atom is -0.274 e. The lowest BCUT2D eigenvalue weighted by Crippen LogP contribution is -2.31. The molecule has 16 heavy (non-hydrogen) atoms. The van der Waals surface area contributed by atoms with Crippen molar-refractivity contribution < 1.29 is 9.59 Å². The summed E-state index contributed by atoms with van der Waals surface area (Å²) in [5.41, 5.74) is 1.48. The molecule has 0 spiro atoms. The largest absolute Gasteiger partial charge is 0.274 e. The highest BCUT2D eigenvalue weighted by Crippen LogP contribution is 2.19. The van der Waals surface area contributed by atoms with Gasteiger partial charge in [-0.25, -0.2) is 0 Å². The summed E-state index contributed by atoms with van der Waals surface area (Å²) in [6.07, 6.45) is 1.76. The van der Waals surface area contributed by atoms with Crippen LogP contribution in [0.15, 0.2) is 36.4 Å². The van der Waals surface area contributed by atoms with E-state index in [0.717, 1.165) is 5.56 Å². The fraction of sp³-hybridized carbons (Fsp3) is 0.231. The molecule has 0 aromatic heterocycles. The average molecular weight is 217 g/mol. The third-order valence-electron chi connectivity index (χ3n) is 2.21. The summed E-state index contributed by atoms with van der Waals surface area (Å²) >= 11 is 0.